The van der Waals surface area contributed by atoms with Crippen molar-refractivity contribution in [3.05, 3.63) is 26.8 Å². The average molecular weight is 345 g/mol. The lowest BCUT2D eigenvalue weighted by Gasteiger charge is -2.06. The molecular formula is C9H7F3INO2. The summed E-state index contributed by atoms with van der Waals surface area (Å²) in [4.78, 5) is 14.2. The first-order valence-corrected chi connectivity index (χ1v) is 5.23. The summed E-state index contributed by atoms with van der Waals surface area (Å²) >= 11 is 1.57. The van der Waals surface area contributed by atoms with Gasteiger partial charge < -0.3 is 4.74 Å². The number of carbonyl (C=O) groups is 1. The Bertz CT molecular complexity index is 389. The molecule has 0 aromatic carbocycles. The predicted molar refractivity (Wildman–Crippen MR) is 57.6 cm³/mol. The van der Waals surface area contributed by atoms with Crippen molar-refractivity contribution in [3.63, 3.8) is 0 Å². The lowest BCUT2D eigenvalue weighted by Crippen LogP contribution is -2.09. The normalized spacial score (nSPS) is 10.6. The largest absolute Gasteiger partial charge is 0.469 e. The fourth-order valence-electron chi connectivity index (χ4n) is 1.05. The molecule has 0 aliphatic rings. The molecule has 0 aliphatic heterocycles. The van der Waals surface area contributed by atoms with Crippen molar-refractivity contribution in [2.24, 2.45) is 0 Å². The number of hydrogen-bond acceptors (Lipinski definition) is 3. The number of aromatic nitrogens is 1. The molecule has 0 saturated carbocycles. The van der Waals surface area contributed by atoms with Crippen LogP contribution in [-0.2, 0) is 16.0 Å². The second-order valence-corrected chi connectivity index (χ2v) is 4.02. The zero-order chi connectivity index (χ0) is 12.3. The van der Waals surface area contributed by atoms with Gasteiger partial charge >= 0.3 is 5.97 Å². The van der Waals surface area contributed by atoms with Crippen molar-refractivity contribution >= 4 is 28.6 Å². The average Bonchev–Trinajstić information content (AvgIpc) is 2.15. The standard InChI is InChI=1S/C9H7F3INO2/c1-16-6(15)3-4-2-5(13)7(8(10)11)9(12)14-4/h2,8H,3H2,1H3. The molecule has 0 aliphatic carbocycles. The zero-order valence-corrected chi connectivity index (χ0v) is 10.3. The Morgan fingerprint density at radius 2 is 2.25 bits per heavy atom. The Morgan fingerprint density at radius 1 is 1.62 bits per heavy atom. The van der Waals surface area contributed by atoms with E-state index in [4.69, 9.17) is 0 Å². The van der Waals surface area contributed by atoms with Gasteiger partial charge in [0.15, 0.2) is 0 Å². The molecule has 88 valence electrons. The summed E-state index contributed by atoms with van der Waals surface area (Å²) in [6, 6.07) is 1.24. The van der Waals surface area contributed by atoms with E-state index in [0.717, 1.165) is 0 Å². The van der Waals surface area contributed by atoms with Gasteiger partial charge in [-0.1, -0.05) is 0 Å². The molecule has 0 bridgehead atoms. The summed E-state index contributed by atoms with van der Waals surface area (Å²) < 4.78 is 42.3. The molecule has 0 fully saturated rings. The number of ether oxygens (including phenoxy) is 1. The third-order valence-electron chi connectivity index (χ3n) is 1.79. The molecule has 0 amide bonds. The molecule has 0 radical (unpaired) electrons. The fourth-order valence-corrected chi connectivity index (χ4v) is 1.86. The number of pyridine rings is 1. The molecule has 0 atom stereocenters. The summed E-state index contributed by atoms with van der Waals surface area (Å²) in [5, 5.41) is 0. The number of rotatable bonds is 3. The van der Waals surface area contributed by atoms with Crippen molar-refractivity contribution in [3.8, 4) is 0 Å². The lowest BCUT2D eigenvalue weighted by atomic mass is 10.2. The first kappa shape index (κ1) is 13.2. The summed E-state index contributed by atoms with van der Waals surface area (Å²) in [6.07, 6.45) is -3.17. The van der Waals surface area contributed by atoms with Crippen LogP contribution in [-0.4, -0.2) is 18.1 Å². The molecule has 0 unspecified atom stereocenters. The molecule has 1 aromatic rings. The quantitative estimate of drug-likeness (QED) is 0.480. The van der Waals surface area contributed by atoms with Crippen LogP contribution in [0.25, 0.3) is 0 Å². The molecule has 1 heterocycles. The monoisotopic (exact) mass is 345 g/mol. The van der Waals surface area contributed by atoms with Crippen molar-refractivity contribution in [1.82, 2.24) is 4.98 Å². The van der Waals surface area contributed by atoms with E-state index >= 15 is 0 Å². The van der Waals surface area contributed by atoms with Crippen LogP contribution in [0.3, 0.4) is 0 Å². The van der Waals surface area contributed by atoms with Crippen LogP contribution in [0.2, 0.25) is 0 Å². The van der Waals surface area contributed by atoms with Crippen molar-refractivity contribution in [2.75, 3.05) is 7.11 Å². The van der Waals surface area contributed by atoms with E-state index in [9.17, 15) is 18.0 Å². The van der Waals surface area contributed by atoms with Gasteiger partial charge in [-0.2, -0.15) is 4.39 Å². The molecule has 1 rings (SSSR count). The SMILES string of the molecule is COC(=O)Cc1cc(I)c(C(F)F)c(F)n1. The Morgan fingerprint density at radius 3 is 2.69 bits per heavy atom. The van der Waals surface area contributed by atoms with Crippen LogP contribution >= 0.6 is 22.6 Å². The van der Waals surface area contributed by atoms with Crippen LogP contribution in [0.1, 0.15) is 17.7 Å². The first-order chi connectivity index (χ1) is 7.45. The van der Waals surface area contributed by atoms with Gasteiger partial charge in [0.1, 0.15) is 0 Å². The first-order valence-electron chi connectivity index (χ1n) is 4.15. The van der Waals surface area contributed by atoms with E-state index in [1.165, 1.54) is 13.2 Å². The number of halogens is 4. The van der Waals surface area contributed by atoms with Crippen LogP contribution in [0.15, 0.2) is 6.07 Å². The van der Waals surface area contributed by atoms with Gasteiger partial charge in [0.05, 0.1) is 24.8 Å². The molecular weight excluding hydrogens is 338 g/mol. The topological polar surface area (TPSA) is 39.2 Å². The summed E-state index contributed by atoms with van der Waals surface area (Å²) in [5.74, 6) is -1.85. The molecule has 0 spiro atoms. The maximum atomic E-state index is 13.2. The lowest BCUT2D eigenvalue weighted by molar-refractivity contribution is -0.139. The smallest absolute Gasteiger partial charge is 0.311 e. The van der Waals surface area contributed by atoms with Crippen LogP contribution in [0, 0.1) is 9.52 Å². The third-order valence-corrected chi connectivity index (χ3v) is 2.68. The predicted octanol–water partition coefficient (Wildman–Crippen LogP) is 2.48. The molecule has 1 aromatic heterocycles. The number of alkyl halides is 2. The number of methoxy groups -OCH3 is 1. The molecule has 0 N–H and O–H groups in total. The van der Waals surface area contributed by atoms with Gasteiger partial charge in [0.2, 0.25) is 5.95 Å². The van der Waals surface area contributed by atoms with E-state index in [1.807, 2.05) is 0 Å². The minimum Gasteiger partial charge on any atom is -0.469 e. The number of hydrogen-bond donors (Lipinski definition) is 0. The molecule has 3 nitrogen and oxygen atoms in total. The van der Waals surface area contributed by atoms with E-state index in [0.29, 0.717) is 0 Å². The highest BCUT2D eigenvalue weighted by molar-refractivity contribution is 14.1. The van der Waals surface area contributed by atoms with Crippen molar-refractivity contribution < 1.29 is 22.7 Å². The van der Waals surface area contributed by atoms with E-state index < -0.39 is 23.9 Å². The van der Waals surface area contributed by atoms with Crippen molar-refractivity contribution in [2.45, 2.75) is 12.8 Å². The summed E-state index contributed by atoms with van der Waals surface area (Å²) in [6.45, 7) is 0. The van der Waals surface area contributed by atoms with Crippen LogP contribution < -0.4 is 0 Å². The van der Waals surface area contributed by atoms with Crippen LogP contribution in [0.5, 0.6) is 0 Å². The Balaban J connectivity index is 3.05. The van der Waals surface area contributed by atoms with Gasteiger partial charge in [-0.3, -0.25) is 4.79 Å². The Labute approximate surface area is 103 Å². The van der Waals surface area contributed by atoms with E-state index in [2.05, 4.69) is 9.72 Å². The highest BCUT2D eigenvalue weighted by Gasteiger charge is 2.20. The van der Waals surface area contributed by atoms with E-state index in [1.54, 1.807) is 22.6 Å². The highest BCUT2D eigenvalue weighted by Crippen LogP contribution is 2.26. The third kappa shape index (κ3) is 3.06. The van der Waals surface area contributed by atoms with Gasteiger partial charge in [-0.15, -0.1) is 0 Å². The number of carbonyl (C=O) groups excluding carboxylic acids is 1. The Hall–Kier alpha value is -0.860. The second-order valence-electron chi connectivity index (χ2n) is 2.85. The highest BCUT2D eigenvalue weighted by atomic mass is 127. The maximum Gasteiger partial charge on any atom is 0.311 e. The Kier molecular flexibility index (Phi) is 4.51. The minimum atomic E-state index is -2.92. The summed E-state index contributed by atoms with van der Waals surface area (Å²) in [7, 11) is 1.18. The minimum absolute atomic E-state index is 0.0407. The number of nitrogens with zero attached hydrogens (tertiary/aromatic N) is 1. The van der Waals surface area contributed by atoms with Crippen LogP contribution in [0.4, 0.5) is 13.2 Å². The summed E-state index contributed by atoms with van der Waals surface area (Å²) in [5.41, 5.74) is -0.674. The zero-order valence-electron chi connectivity index (χ0n) is 8.14. The second kappa shape index (κ2) is 5.46. The number of esters is 1. The van der Waals surface area contributed by atoms with Crippen molar-refractivity contribution in [1.29, 1.82) is 0 Å². The van der Waals surface area contributed by atoms with Gasteiger partial charge in [0.25, 0.3) is 6.43 Å². The molecule has 7 heteroatoms. The fraction of sp³-hybridized carbons (Fsp3) is 0.333. The molecule has 0 saturated heterocycles. The molecule has 16 heavy (non-hydrogen) atoms. The maximum absolute atomic E-state index is 13.2. The van der Waals surface area contributed by atoms with Gasteiger partial charge in [-0.25, -0.2) is 13.8 Å². The van der Waals surface area contributed by atoms with Gasteiger partial charge in [-0.05, 0) is 28.7 Å². The van der Waals surface area contributed by atoms with Gasteiger partial charge in [0, 0.05) is 3.57 Å². The van der Waals surface area contributed by atoms with E-state index in [-0.39, 0.29) is 15.7 Å².